The van der Waals surface area contributed by atoms with Gasteiger partial charge in [-0.2, -0.15) is 4.73 Å². The van der Waals surface area contributed by atoms with Crippen LogP contribution >= 0.6 is 0 Å². The largest absolute Gasteiger partial charge is 0.543 e. The Kier molecular flexibility index (Phi) is 3.80. The predicted octanol–water partition coefficient (Wildman–Crippen LogP) is 1.13. The molecule has 0 aliphatic heterocycles. The normalized spacial score (nSPS) is 10.8. The SMILES string of the molecule is O=C([O-])c1cc2ccccc2n1OCc1ccccc1CO. The number of aliphatic hydroxyl groups excluding tert-OH is 1. The highest BCUT2D eigenvalue weighted by molar-refractivity contribution is 5.93. The number of aliphatic hydroxyl groups is 1. The molecule has 1 heterocycles. The number of rotatable bonds is 5. The van der Waals surface area contributed by atoms with E-state index in [0.29, 0.717) is 5.52 Å². The minimum absolute atomic E-state index is 0.0392. The number of aromatic carboxylic acids is 1. The number of hydrogen-bond donors (Lipinski definition) is 1. The lowest BCUT2D eigenvalue weighted by Crippen LogP contribution is -2.28. The van der Waals surface area contributed by atoms with E-state index in [4.69, 9.17) is 4.84 Å². The van der Waals surface area contributed by atoms with Crippen LogP contribution < -0.4 is 9.94 Å². The number of para-hydroxylation sites is 1. The van der Waals surface area contributed by atoms with Crippen molar-refractivity contribution in [3.05, 3.63) is 71.4 Å². The molecule has 0 spiro atoms. The number of carbonyl (C=O) groups excluding carboxylic acids is 1. The second-order valence-corrected chi connectivity index (χ2v) is 4.87. The first-order chi connectivity index (χ1) is 10.7. The Balaban J connectivity index is 1.96. The number of carboxylic acid groups (broad SMARTS) is 1. The smallest absolute Gasteiger partial charge is 0.140 e. The number of hydrogen-bond acceptors (Lipinski definition) is 4. The zero-order valence-corrected chi connectivity index (χ0v) is 11.7. The quantitative estimate of drug-likeness (QED) is 0.766. The van der Waals surface area contributed by atoms with Crippen molar-refractivity contribution in [3.8, 4) is 0 Å². The molecular formula is C17H14NO4-. The third-order valence-electron chi connectivity index (χ3n) is 3.51. The van der Waals surface area contributed by atoms with Gasteiger partial charge in [-0.15, -0.1) is 0 Å². The van der Waals surface area contributed by atoms with E-state index in [1.165, 1.54) is 10.8 Å². The van der Waals surface area contributed by atoms with Crippen molar-refractivity contribution in [1.82, 2.24) is 4.73 Å². The number of carboxylic acids is 1. The van der Waals surface area contributed by atoms with Crippen LogP contribution in [0, 0.1) is 0 Å². The summed E-state index contributed by atoms with van der Waals surface area (Å²) in [6.45, 7) is 0.0506. The summed E-state index contributed by atoms with van der Waals surface area (Å²) in [5, 5.41) is 21.4. The van der Waals surface area contributed by atoms with Crippen LogP contribution in [-0.4, -0.2) is 15.8 Å². The Morgan fingerprint density at radius 3 is 2.50 bits per heavy atom. The molecule has 1 N–H and O–H groups in total. The molecule has 1 aromatic heterocycles. The molecule has 0 saturated heterocycles. The first-order valence-corrected chi connectivity index (χ1v) is 6.83. The van der Waals surface area contributed by atoms with Gasteiger partial charge in [-0.3, -0.25) is 0 Å². The first kappa shape index (κ1) is 14.2. The molecule has 0 aliphatic carbocycles. The van der Waals surface area contributed by atoms with Crippen LogP contribution in [0.2, 0.25) is 0 Å². The fourth-order valence-electron chi connectivity index (χ4n) is 2.40. The van der Waals surface area contributed by atoms with Crippen LogP contribution in [0.25, 0.3) is 10.9 Å². The van der Waals surface area contributed by atoms with Gasteiger partial charge in [-0.25, -0.2) is 0 Å². The molecule has 0 amide bonds. The van der Waals surface area contributed by atoms with Crippen LogP contribution in [0.5, 0.6) is 0 Å². The molecule has 3 rings (SSSR count). The molecular weight excluding hydrogens is 282 g/mol. The standard InChI is InChI=1S/C17H15NO4/c19-10-13-6-1-2-7-14(13)11-22-18-15-8-4-3-5-12(15)9-16(18)17(20)21/h1-9,19H,10-11H2,(H,20,21)/p-1. The number of aromatic nitrogens is 1. The lowest BCUT2D eigenvalue weighted by atomic mass is 10.1. The zero-order valence-electron chi connectivity index (χ0n) is 11.7. The van der Waals surface area contributed by atoms with Crippen LogP contribution in [0.3, 0.4) is 0 Å². The van der Waals surface area contributed by atoms with Crippen molar-refractivity contribution in [3.63, 3.8) is 0 Å². The van der Waals surface area contributed by atoms with E-state index in [-0.39, 0.29) is 18.9 Å². The molecule has 112 valence electrons. The molecule has 0 fully saturated rings. The summed E-state index contributed by atoms with van der Waals surface area (Å²) in [6.07, 6.45) is 0. The third-order valence-corrected chi connectivity index (χ3v) is 3.51. The average molecular weight is 296 g/mol. The highest BCUT2D eigenvalue weighted by Gasteiger charge is 2.11. The van der Waals surface area contributed by atoms with Gasteiger partial charge in [0.15, 0.2) is 0 Å². The minimum atomic E-state index is -1.30. The molecule has 22 heavy (non-hydrogen) atoms. The number of fused-ring (bicyclic) bond motifs is 1. The summed E-state index contributed by atoms with van der Waals surface area (Å²) in [7, 11) is 0. The summed E-state index contributed by atoms with van der Waals surface area (Å²) < 4.78 is 1.26. The second kappa shape index (κ2) is 5.91. The number of carbonyl (C=O) groups is 1. The third kappa shape index (κ3) is 2.54. The van der Waals surface area contributed by atoms with Crippen molar-refractivity contribution in [2.45, 2.75) is 13.2 Å². The van der Waals surface area contributed by atoms with Crippen LogP contribution in [0.4, 0.5) is 0 Å². The first-order valence-electron chi connectivity index (χ1n) is 6.83. The van der Waals surface area contributed by atoms with E-state index in [9.17, 15) is 15.0 Å². The topological polar surface area (TPSA) is 74.5 Å². The lowest BCUT2D eigenvalue weighted by Gasteiger charge is -2.14. The fourth-order valence-corrected chi connectivity index (χ4v) is 2.40. The van der Waals surface area contributed by atoms with Crippen molar-refractivity contribution in [1.29, 1.82) is 0 Å². The van der Waals surface area contributed by atoms with Gasteiger partial charge in [0.05, 0.1) is 18.1 Å². The van der Waals surface area contributed by atoms with E-state index in [1.54, 1.807) is 12.1 Å². The van der Waals surface area contributed by atoms with Crippen LogP contribution in [0.1, 0.15) is 21.6 Å². The molecule has 5 heteroatoms. The zero-order chi connectivity index (χ0) is 15.5. The maximum atomic E-state index is 11.3. The molecule has 2 aromatic carbocycles. The van der Waals surface area contributed by atoms with Crippen molar-refractivity contribution in [2.24, 2.45) is 0 Å². The molecule has 0 bridgehead atoms. The average Bonchev–Trinajstić information content (AvgIpc) is 2.92. The summed E-state index contributed by atoms with van der Waals surface area (Å²) in [5.74, 6) is -1.30. The van der Waals surface area contributed by atoms with Gasteiger partial charge in [0.2, 0.25) is 0 Å². The predicted molar refractivity (Wildman–Crippen MR) is 78.9 cm³/mol. The van der Waals surface area contributed by atoms with Gasteiger partial charge in [0.1, 0.15) is 12.3 Å². The van der Waals surface area contributed by atoms with Crippen LogP contribution in [-0.2, 0) is 13.2 Å². The summed E-state index contributed by atoms with van der Waals surface area (Å²) in [5.41, 5.74) is 2.16. The summed E-state index contributed by atoms with van der Waals surface area (Å²) in [6, 6.07) is 16.0. The Labute approximate surface area is 127 Å². The lowest BCUT2D eigenvalue weighted by molar-refractivity contribution is -0.256. The molecule has 3 aromatic rings. The van der Waals surface area contributed by atoms with E-state index in [0.717, 1.165) is 16.5 Å². The van der Waals surface area contributed by atoms with E-state index < -0.39 is 5.97 Å². The Morgan fingerprint density at radius 1 is 1.09 bits per heavy atom. The van der Waals surface area contributed by atoms with Crippen molar-refractivity contribution >= 4 is 16.9 Å². The highest BCUT2D eigenvalue weighted by Crippen LogP contribution is 2.19. The Bertz CT molecular complexity index is 822. The van der Waals surface area contributed by atoms with E-state index >= 15 is 0 Å². The second-order valence-electron chi connectivity index (χ2n) is 4.87. The molecule has 0 unspecified atom stereocenters. The Hall–Kier alpha value is -2.79. The van der Waals surface area contributed by atoms with Gasteiger partial charge in [-0.05, 0) is 23.3 Å². The van der Waals surface area contributed by atoms with Crippen LogP contribution in [0.15, 0.2) is 54.6 Å². The molecule has 0 saturated carbocycles. The minimum Gasteiger partial charge on any atom is -0.543 e. The van der Waals surface area contributed by atoms with Crippen molar-refractivity contribution < 1.29 is 19.8 Å². The number of benzene rings is 2. The number of nitrogens with zero attached hydrogens (tertiary/aromatic N) is 1. The molecule has 0 radical (unpaired) electrons. The molecule has 0 aliphatic rings. The molecule has 5 nitrogen and oxygen atoms in total. The van der Waals surface area contributed by atoms with Gasteiger partial charge >= 0.3 is 0 Å². The maximum Gasteiger partial charge on any atom is 0.140 e. The van der Waals surface area contributed by atoms with Crippen molar-refractivity contribution in [2.75, 3.05) is 0 Å². The molecule has 0 atom stereocenters. The summed E-state index contributed by atoms with van der Waals surface area (Å²) >= 11 is 0. The monoisotopic (exact) mass is 296 g/mol. The van der Waals surface area contributed by atoms with E-state index in [1.807, 2.05) is 36.4 Å². The Morgan fingerprint density at radius 2 is 1.77 bits per heavy atom. The van der Waals surface area contributed by atoms with Gasteiger partial charge < -0.3 is 19.8 Å². The van der Waals surface area contributed by atoms with E-state index in [2.05, 4.69) is 0 Å². The fraction of sp³-hybridized carbons (Fsp3) is 0.118. The van der Waals surface area contributed by atoms with Gasteiger partial charge in [-0.1, -0.05) is 42.5 Å². The van der Waals surface area contributed by atoms with Gasteiger partial charge in [0, 0.05) is 5.39 Å². The van der Waals surface area contributed by atoms with Gasteiger partial charge in [0.25, 0.3) is 0 Å². The summed E-state index contributed by atoms with van der Waals surface area (Å²) in [4.78, 5) is 16.9. The highest BCUT2D eigenvalue weighted by atomic mass is 16.7. The maximum absolute atomic E-state index is 11.3.